The summed E-state index contributed by atoms with van der Waals surface area (Å²) in [6, 6.07) is 7.93. The summed E-state index contributed by atoms with van der Waals surface area (Å²) in [6.45, 7) is 2.48. The van der Waals surface area contributed by atoms with Crippen LogP contribution < -0.4 is 15.8 Å². The van der Waals surface area contributed by atoms with Crippen LogP contribution in [0.4, 0.5) is 5.69 Å². The van der Waals surface area contributed by atoms with Crippen molar-refractivity contribution in [3.8, 4) is 0 Å². The van der Waals surface area contributed by atoms with Gasteiger partial charge in [-0.3, -0.25) is 14.6 Å². The fraction of sp³-hybridized carbons (Fsp3) is 0.542. The number of aromatic nitrogens is 2. The molecule has 7 nitrogen and oxygen atoms in total. The van der Waals surface area contributed by atoms with Gasteiger partial charge in [-0.15, -0.1) is 0 Å². The average Bonchev–Trinajstić information content (AvgIpc) is 2.80. The Morgan fingerprint density at radius 2 is 1.84 bits per heavy atom. The summed E-state index contributed by atoms with van der Waals surface area (Å²) in [5, 5.41) is 3.08. The van der Waals surface area contributed by atoms with Gasteiger partial charge in [0.2, 0.25) is 0 Å². The van der Waals surface area contributed by atoms with Crippen molar-refractivity contribution in [3.05, 3.63) is 58.3 Å². The van der Waals surface area contributed by atoms with Crippen LogP contribution in [0.3, 0.4) is 0 Å². The Morgan fingerprint density at radius 1 is 1.06 bits per heavy atom. The summed E-state index contributed by atoms with van der Waals surface area (Å²) < 4.78 is 7.27. The van der Waals surface area contributed by atoms with Gasteiger partial charge in [0.25, 0.3) is 11.5 Å². The minimum atomic E-state index is -0.240. The van der Waals surface area contributed by atoms with Crippen molar-refractivity contribution in [3.63, 3.8) is 0 Å². The SMILES string of the molecule is COC1CCC(NC(=O)c2ccc3n(c2=O)C[C@H]2C[C@@H]3CN(c3ccncc3)C2)CC1. The number of amides is 1. The van der Waals surface area contributed by atoms with Crippen molar-refractivity contribution in [2.75, 3.05) is 25.1 Å². The molecule has 0 unspecified atom stereocenters. The highest BCUT2D eigenvalue weighted by Crippen LogP contribution is 2.36. The Labute approximate surface area is 182 Å². The molecule has 7 heteroatoms. The van der Waals surface area contributed by atoms with E-state index in [1.165, 1.54) is 5.69 Å². The highest BCUT2D eigenvalue weighted by atomic mass is 16.5. The highest BCUT2D eigenvalue weighted by Gasteiger charge is 2.35. The van der Waals surface area contributed by atoms with Crippen LogP contribution in [0.25, 0.3) is 0 Å². The number of hydrogen-bond donors (Lipinski definition) is 1. The van der Waals surface area contributed by atoms with Gasteiger partial charge >= 0.3 is 0 Å². The number of rotatable bonds is 4. The second-order valence-electron chi connectivity index (χ2n) is 9.18. The number of ether oxygens (including phenoxy) is 1. The first-order chi connectivity index (χ1) is 15.1. The molecule has 0 radical (unpaired) electrons. The minimum absolute atomic E-state index is 0.118. The third-order valence-electron chi connectivity index (χ3n) is 7.22. The van der Waals surface area contributed by atoms with E-state index in [-0.39, 0.29) is 29.2 Å². The number of methoxy groups -OCH3 is 1. The molecule has 1 saturated heterocycles. The monoisotopic (exact) mass is 422 g/mol. The molecule has 1 saturated carbocycles. The molecular formula is C24H30N4O3. The quantitative estimate of drug-likeness (QED) is 0.820. The highest BCUT2D eigenvalue weighted by molar-refractivity contribution is 5.94. The average molecular weight is 423 g/mol. The number of anilines is 1. The second kappa shape index (κ2) is 8.46. The number of carbonyl (C=O) groups is 1. The van der Waals surface area contributed by atoms with E-state index in [4.69, 9.17) is 4.74 Å². The fourth-order valence-electron chi connectivity index (χ4n) is 5.59. The second-order valence-corrected chi connectivity index (χ2v) is 9.18. The van der Waals surface area contributed by atoms with Gasteiger partial charge in [-0.1, -0.05) is 0 Å². The maximum atomic E-state index is 13.2. The number of pyridine rings is 2. The third-order valence-corrected chi connectivity index (χ3v) is 7.22. The molecule has 2 aromatic rings. The first kappa shape index (κ1) is 20.2. The van der Waals surface area contributed by atoms with Crippen LogP contribution in [0.15, 0.2) is 41.5 Å². The number of nitrogens with zero attached hydrogens (tertiary/aromatic N) is 3. The van der Waals surface area contributed by atoms with E-state index in [9.17, 15) is 9.59 Å². The van der Waals surface area contributed by atoms with Gasteiger partial charge in [0.1, 0.15) is 5.56 Å². The molecule has 3 aliphatic rings. The maximum Gasteiger partial charge on any atom is 0.263 e. The lowest BCUT2D eigenvalue weighted by Crippen LogP contribution is -2.48. The Bertz CT molecular complexity index is 998. The first-order valence-electron chi connectivity index (χ1n) is 11.3. The van der Waals surface area contributed by atoms with Crippen molar-refractivity contribution < 1.29 is 9.53 Å². The van der Waals surface area contributed by atoms with Crippen LogP contribution in [-0.2, 0) is 11.3 Å². The van der Waals surface area contributed by atoms with Gasteiger partial charge in [-0.25, -0.2) is 0 Å². The predicted molar refractivity (Wildman–Crippen MR) is 119 cm³/mol. The van der Waals surface area contributed by atoms with Crippen molar-refractivity contribution >= 4 is 11.6 Å². The van der Waals surface area contributed by atoms with Crippen LogP contribution >= 0.6 is 0 Å². The Hall–Kier alpha value is -2.67. The summed E-state index contributed by atoms with van der Waals surface area (Å²) in [5.74, 6) is 0.463. The standard InChI is InChI=1S/C24H30N4O3/c1-31-20-4-2-18(3-5-20)26-23(29)21-6-7-22-17-12-16(14-28(22)24(21)30)13-27(15-17)19-8-10-25-11-9-19/h6-11,16-18,20H,2-5,12-15H2,1H3,(H,26,29)/t16-,17+,18?,20?/m0/s1. The van der Waals surface area contributed by atoms with Gasteiger partial charge in [0.15, 0.2) is 0 Å². The molecule has 4 heterocycles. The van der Waals surface area contributed by atoms with Crippen LogP contribution in [0.1, 0.15) is 54.1 Å². The molecule has 1 aliphatic carbocycles. The topological polar surface area (TPSA) is 76.5 Å². The predicted octanol–water partition coefficient (Wildman–Crippen LogP) is 2.55. The van der Waals surface area contributed by atoms with Gasteiger partial charge in [0, 0.05) is 62.5 Å². The van der Waals surface area contributed by atoms with E-state index in [0.717, 1.165) is 50.9 Å². The molecule has 2 bridgehead atoms. The van der Waals surface area contributed by atoms with Crippen LogP contribution in [0, 0.1) is 5.92 Å². The van der Waals surface area contributed by atoms with E-state index in [0.29, 0.717) is 18.4 Å². The largest absolute Gasteiger partial charge is 0.381 e. The van der Waals surface area contributed by atoms with Crippen molar-refractivity contribution in [1.29, 1.82) is 0 Å². The number of piperidine rings is 1. The van der Waals surface area contributed by atoms with Crippen molar-refractivity contribution in [2.45, 2.75) is 56.7 Å². The molecule has 0 aromatic carbocycles. The third kappa shape index (κ3) is 3.99. The first-order valence-corrected chi connectivity index (χ1v) is 11.3. The zero-order chi connectivity index (χ0) is 21.4. The molecule has 164 valence electrons. The fourth-order valence-corrected chi connectivity index (χ4v) is 5.59. The minimum Gasteiger partial charge on any atom is -0.381 e. The van der Waals surface area contributed by atoms with E-state index >= 15 is 0 Å². The molecular weight excluding hydrogens is 392 g/mol. The normalized spacial score (nSPS) is 27.5. The summed E-state index contributed by atoms with van der Waals surface area (Å²) in [7, 11) is 1.74. The molecule has 2 aromatic heterocycles. The maximum absolute atomic E-state index is 13.2. The summed E-state index contributed by atoms with van der Waals surface area (Å²) in [6.07, 6.45) is 8.71. The number of nitrogens with one attached hydrogen (secondary N) is 1. The van der Waals surface area contributed by atoms with Crippen LogP contribution in [0.5, 0.6) is 0 Å². The van der Waals surface area contributed by atoms with E-state index in [1.807, 2.05) is 35.2 Å². The zero-order valence-electron chi connectivity index (χ0n) is 18.0. The number of carbonyl (C=O) groups excluding carboxylic acids is 1. The van der Waals surface area contributed by atoms with Gasteiger partial charge in [0.05, 0.1) is 6.10 Å². The van der Waals surface area contributed by atoms with Gasteiger partial charge < -0.3 is 19.5 Å². The lowest BCUT2D eigenvalue weighted by molar-refractivity contribution is 0.0599. The van der Waals surface area contributed by atoms with Gasteiger partial charge in [-0.2, -0.15) is 0 Å². The van der Waals surface area contributed by atoms with Crippen molar-refractivity contribution in [2.24, 2.45) is 5.92 Å². The summed E-state index contributed by atoms with van der Waals surface area (Å²) >= 11 is 0. The zero-order valence-corrected chi connectivity index (χ0v) is 18.0. The molecule has 2 fully saturated rings. The lowest BCUT2D eigenvalue weighted by atomic mass is 9.82. The molecule has 0 spiro atoms. The van der Waals surface area contributed by atoms with Crippen molar-refractivity contribution in [1.82, 2.24) is 14.9 Å². The Kier molecular flexibility index (Phi) is 5.52. The molecule has 1 amide bonds. The molecule has 2 atom stereocenters. The Morgan fingerprint density at radius 3 is 2.58 bits per heavy atom. The Balaban J connectivity index is 1.33. The smallest absolute Gasteiger partial charge is 0.263 e. The number of hydrogen-bond acceptors (Lipinski definition) is 5. The lowest BCUT2D eigenvalue weighted by Gasteiger charge is -2.43. The van der Waals surface area contributed by atoms with E-state index in [1.54, 1.807) is 13.2 Å². The molecule has 5 rings (SSSR count). The van der Waals surface area contributed by atoms with Crippen LogP contribution in [-0.4, -0.2) is 47.8 Å². The van der Waals surface area contributed by atoms with E-state index < -0.39 is 0 Å². The van der Waals surface area contributed by atoms with Gasteiger partial charge in [-0.05, 0) is 62.3 Å². The summed E-state index contributed by atoms with van der Waals surface area (Å²) in [5.41, 5.74) is 2.35. The summed E-state index contributed by atoms with van der Waals surface area (Å²) in [4.78, 5) is 32.6. The molecule has 2 aliphatic heterocycles. The molecule has 1 N–H and O–H groups in total. The van der Waals surface area contributed by atoms with Crippen LogP contribution in [0.2, 0.25) is 0 Å². The number of fused-ring (bicyclic) bond motifs is 4. The molecule has 31 heavy (non-hydrogen) atoms. The van der Waals surface area contributed by atoms with E-state index in [2.05, 4.69) is 15.2 Å².